The lowest BCUT2D eigenvalue weighted by atomic mass is 9.98. The maximum Gasteiger partial charge on any atom is 0.0901 e. The summed E-state index contributed by atoms with van der Waals surface area (Å²) in [6.45, 7) is 6.43. The lowest BCUT2D eigenvalue weighted by molar-refractivity contribution is 0.0542. The standard InChI is InChI=1S/C20H27N3OS/c1-15-21-20(14-25-15)16-2-4-17(5-3-16)22-10-6-18(7-11-22)23-12-8-19(24)9-13-23/h2-5,14,18-19,24H,6-13H2,1H3. The van der Waals surface area contributed by atoms with Gasteiger partial charge in [0.2, 0.25) is 0 Å². The van der Waals surface area contributed by atoms with E-state index in [1.807, 2.05) is 0 Å². The molecule has 1 aromatic carbocycles. The Morgan fingerprint density at radius 3 is 2.28 bits per heavy atom. The fourth-order valence-electron chi connectivity index (χ4n) is 4.08. The number of hydrogen-bond acceptors (Lipinski definition) is 5. The maximum atomic E-state index is 9.68. The minimum absolute atomic E-state index is 0.0728. The van der Waals surface area contributed by atoms with E-state index in [4.69, 9.17) is 0 Å². The third-order valence-corrected chi connectivity index (χ3v) is 6.40. The highest BCUT2D eigenvalue weighted by Gasteiger charge is 2.27. The van der Waals surface area contributed by atoms with Crippen molar-refractivity contribution in [1.82, 2.24) is 9.88 Å². The number of aliphatic hydroxyl groups excluding tert-OH is 1. The largest absolute Gasteiger partial charge is 0.393 e. The molecule has 2 aliphatic heterocycles. The monoisotopic (exact) mass is 357 g/mol. The van der Waals surface area contributed by atoms with Crippen LogP contribution >= 0.6 is 11.3 Å². The normalized spacial score (nSPS) is 21.0. The van der Waals surface area contributed by atoms with Gasteiger partial charge in [-0.25, -0.2) is 4.98 Å². The first-order valence-corrected chi connectivity index (χ1v) is 10.3. The average molecular weight is 358 g/mol. The molecule has 0 saturated carbocycles. The van der Waals surface area contributed by atoms with E-state index in [1.54, 1.807) is 11.3 Å². The molecular formula is C20H27N3OS. The highest BCUT2D eigenvalue weighted by atomic mass is 32.1. The summed E-state index contributed by atoms with van der Waals surface area (Å²) in [5, 5.41) is 12.9. The number of aryl methyl sites for hydroxylation is 1. The first-order valence-electron chi connectivity index (χ1n) is 9.38. The average Bonchev–Trinajstić information content (AvgIpc) is 3.09. The molecule has 2 saturated heterocycles. The molecule has 3 heterocycles. The SMILES string of the molecule is Cc1nc(-c2ccc(N3CCC(N4CCC(O)CC4)CC3)cc2)cs1. The zero-order valence-electron chi connectivity index (χ0n) is 14.9. The smallest absolute Gasteiger partial charge is 0.0901 e. The van der Waals surface area contributed by atoms with Crippen LogP contribution in [0, 0.1) is 6.92 Å². The Bertz CT molecular complexity index is 683. The van der Waals surface area contributed by atoms with Gasteiger partial charge in [0, 0.05) is 48.9 Å². The van der Waals surface area contributed by atoms with E-state index < -0.39 is 0 Å². The van der Waals surface area contributed by atoms with Crippen LogP contribution in [0.3, 0.4) is 0 Å². The van der Waals surface area contributed by atoms with Crippen molar-refractivity contribution in [3.8, 4) is 11.3 Å². The second kappa shape index (κ2) is 7.44. The van der Waals surface area contributed by atoms with Crippen LogP contribution in [0.2, 0.25) is 0 Å². The molecule has 2 aromatic rings. The molecule has 0 amide bonds. The Morgan fingerprint density at radius 2 is 1.68 bits per heavy atom. The maximum absolute atomic E-state index is 9.68. The third-order valence-electron chi connectivity index (χ3n) is 5.63. The van der Waals surface area contributed by atoms with Crippen LogP contribution in [0.4, 0.5) is 5.69 Å². The Morgan fingerprint density at radius 1 is 1.00 bits per heavy atom. The lowest BCUT2D eigenvalue weighted by Crippen LogP contribution is -2.48. The molecule has 0 atom stereocenters. The molecule has 134 valence electrons. The van der Waals surface area contributed by atoms with E-state index in [1.165, 1.54) is 24.1 Å². The Labute approximate surface area is 154 Å². The van der Waals surface area contributed by atoms with Gasteiger partial charge in [0.15, 0.2) is 0 Å². The van der Waals surface area contributed by atoms with E-state index in [2.05, 4.69) is 51.4 Å². The van der Waals surface area contributed by atoms with Gasteiger partial charge in [-0.1, -0.05) is 12.1 Å². The number of anilines is 1. The highest BCUT2D eigenvalue weighted by molar-refractivity contribution is 7.09. The molecule has 2 fully saturated rings. The summed E-state index contributed by atoms with van der Waals surface area (Å²) in [5.41, 5.74) is 3.61. The van der Waals surface area contributed by atoms with E-state index in [0.29, 0.717) is 6.04 Å². The number of nitrogens with zero attached hydrogens (tertiary/aromatic N) is 3. The van der Waals surface area contributed by atoms with Gasteiger partial charge in [0.1, 0.15) is 0 Å². The van der Waals surface area contributed by atoms with Crippen molar-refractivity contribution in [3.63, 3.8) is 0 Å². The fraction of sp³-hybridized carbons (Fsp3) is 0.550. The number of piperidine rings is 2. The predicted molar refractivity (Wildman–Crippen MR) is 104 cm³/mol. The van der Waals surface area contributed by atoms with Crippen LogP contribution in [0.15, 0.2) is 29.6 Å². The number of benzene rings is 1. The summed E-state index contributed by atoms with van der Waals surface area (Å²) in [6, 6.07) is 9.56. The number of hydrogen-bond donors (Lipinski definition) is 1. The number of thiazole rings is 1. The molecule has 0 radical (unpaired) electrons. The van der Waals surface area contributed by atoms with Crippen molar-refractivity contribution >= 4 is 17.0 Å². The topological polar surface area (TPSA) is 39.6 Å². The second-order valence-corrected chi connectivity index (χ2v) is 8.35. The zero-order valence-corrected chi connectivity index (χ0v) is 15.7. The van der Waals surface area contributed by atoms with Gasteiger partial charge in [-0.2, -0.15) is 0 Å². The summed E-state index contributed by atoms with van der Waals surface area (Å²) in [5.74, 6) is 0. The number of aliphatic hydroxyl groups is 1. The zero-order chi connectivity index (χ0) is 17.2. The molecular weight excluding hydrogens is 330 g/mol. The van der Waals surface area contributed by atoms with Crippen LogP contribution in [-0.4, -0.2) is 53.3 Å². The molecule has 0 spiro atoms. The van der Waals surface area contributed by atoms with Crippen molar-refractivity contribution in [3.05, 3.63) is 34.7 Å². The summed E-state index contributed by atoms with van der Waals surface area (Å²) in [6.07, 6.45) is 4.26. The van der Waals surface area contributed by atoms with Crippen molar-refractivity contribution in [2.75, 3.05) is 31.1 Å². The molecule has 0 bridgehead atoms. The predicted octanol–water partition coefficient (Wildman–Crippen LogP) is 3.54. The van der Waals surface area contributed by atoms with E-state index in [9.17, 15) is 5.11 Å². The first kappa shape index (κ1) is 17.0. The Hall–Kier alpha value is -1.43. The molecule has 2 aliphatic rings. The van der Waals surface area contributed by atoms with Gasteiger partial charge in [-0.15, -0.1) is 11.3 Å². The van der Waals surface area contributed by atoms with Gasteiger partial charge in [-0.3, -0.25) is 0 Å². The molecule has 1 N–H and O–H groups in total. The van der Waals surface area contributed by atoms with Crippen molar-refractivity contribution in [2.45, 2.75) is 44.8 Å². The lowest BCUT2D eigenvalue weighted by Gasteiger charge is -2.41. The van der Waals surface area contributed by atoms with Gasteiger partial charge in [0.25, 0.3) is 0 Å². The van der Waals surface area contributed by atoms with Gasteiger partial charge >= 0.3 is 0 Å². The van der Waals surface area contributed by atoms with E-state index >= 15 is 0 Å². The van der Waals surface area contributed by atoms with Crippen LogP contribution in [0.1, 0.15) is 30.7 Å². The molecule has 5 heteroatoms. The third kappa shape index (κ3) is 3.89. The molecule has 4 rings (SSSR count). The van der Waals surface area contributed by atoms with Gasteiger partial charge < -0.3 is 14.9 Å². The summed E-state index contributed by atoms with van der Waals surface area (Å²) < 4.78 is 0. The van der Waals surface area contributed by atoms with Gasteiger partial charge in [0.05, 0.1) is 16.8 Å². The highest BCUT2D eigenvalue weighted by Crippen LogP contribution is 2.28. The van der Waals surface area contributed by atoms with Crippen LogP contribution in [0.5, 0.6) is 0 Å². The summed E-state index contributed by atoms with van der Waals surface area (Å²) in [7, 11) is 0. The molecule has 25 heavy (non-hydrogen) atoms. The number of likely N-dealkylation sites (tertiary alicyclic amines) is 1. The van der Waals surface area contributed by atoms with E-state index in [0.717, 1.165) is 49.7 Å². The number of rotatable bonds is 3. The molecule has 0 unspecified atom stereocenters. The minimum Gasteiger partial charge on any atom is -0.393 e. The molecule has 0 aliphatic carbocycles. The molecule has 4 nitrogen and oxygen atoms in total. The fourth-order valence-corrected chi connectivity index (χ4v) is 4.70. The van der Waals surface area contributed by atoms with Crippen molar-refractivity contribution in [2.24, 2.45) is 0 Å². The van der Waals surface area contributed by atoms with Crippen molar-refractivity contribution < 1.29 is 5.11 Å². The van der Waals surface area contributed by atoms with Crippen molar-refractivity contribution in [1.29, 1.82) is 0 Å². The number of aromatic nitrogens is 1. The summed E-state index contributed by atoms with van der Waals surface area (Å²) >= 11 is 1.70. The Balaban J connectivity index is 1.34. The second-order valence-electron chi connectivity index (χ2n) is 7.28. The Kier molecular flexibility index (Phi) is 5.06. The summed E-state index contributed by atoms with van der Waals surface area (Å²) in [4.78, 5) is 9.67. The first-order chi connectivity index (χ1) is 12.2. The van der Waals surface area contributed by atoms with Crippen LogP contribution in [-0.2, 0) is 0 Å². The molecule has 1 aromatic heterocycles. The van der Waals surface area contributed by atoms with Crippen LogP contribution < -0.4 is 4.90 Å². The minimum atomic E-state index is -0.0728. The quantitative estimate of drug-likeness (QED) is 0.912. The van der Waals surface area contributed by atoms with Crippen LogP contribution in [0.25, 0.3) is 11.3 Å². The van der Waals surface area contributed by atoms with Gasteiger partial charge in [-0.05, 0) is 44.7 Å². The van der Waals surface area contributed by atoms with E-state index in [-0.39, 0.29) is 6.10 Å².